The highest BCUT2D eigenvalue weighted by Crippen LogP contribution is 2.16. The molecule has 0 aliphatic carbocycles. The van der Waals surface area contributed by atoms with Crippen LogP contribution in [0.4, 0.5) is 0 Å². The number of aliphatic imine (C=N–C) groups is 2. The zero-order valence-electron chi connectivity index (χ0n) is 24.9. The van der Waals surface area contributed by atoms with Gasteiger partial charge in [-0.05, 0) is 82.2 Å². The summed E-state index contributed by atoms with van der Waals surface area (Å²) in [7, 11) is 0. The Bertz CT molecular complexity index is 837. The molecule has 0 unspecified atom stereocenters. The number of rotatable bonds is 16. The fourth-order valence-corrected chi connectivity index (χ4v) is 3.01. The molecule has 1 aromatic rings. The van der Waals surface area contributed by atoms with E-state index in [1.165, 1.54) is 0 Å². The van der Waals surface area contributed by atoms with Crippen LogP contribution >= 0.6 is 11.6 Å². The SMILES string of the molecule is C=C(NCc1ccc(OCC(C)C)cc1)OCCCCCC=N/C(C(=C)C)=C(\C)N=C(C)Cl.CC.CC. The lowest BCUT2D eigenvalue weighted by atomic mass is 10.2. The fourth-order valence-electron chi connectivity index (χ4n) is 2.88. The van der Waals surface area contributed by atoms with Gasteiger partial charge in [-0.1, -0.05) is 71.9 Å². The van der Waals surface area contributed by atoms with Crippen LogP contribution in [0.3, 0.4) is 0 Å². The molecule has 0 atom stereocenters. The molecule has 37 heavy (non-hydrogen) atoms. The number of halogens is 1. The van der Waals surface area contributed by atoms with Gasteiger partial charge in [0, 0.05) is 12.8 Å². The van der Waals surface area contributed by atoms with Gasteiger partial charge in [0.15, 0.2) is 5.88 Å². The van der Waals surface area contributed by atoms with Gasteiger partial charge in [-0.3, -0.25) is 4.99 Å². The van der Waals surface area contributed by atoms with Gasteiger partial charge >= 0.3 is 0 Å². The molecule has 0 saturated carbocycles. The van der Waals surface area contributed by atoms with Gasteiger partial charge in [-0.25, -0.2) is 4.99 Å². The third kappa shape index (κ3) is 20.2. The van der Waals surface area contributed by atoms with Crippen molar-refractivity contribution in [1.82, 2.24) is 5.32 Å². The van der Waals surface area contributed by atoms with E-state index in [9.17, 15) is 0 Å². The monoisotopic (exact) mass is 533 g/mol. The van der Waals surface area contributed by atoms with Crippen LogP contribution in [0.1, 0.15) is 93.6 Å². The highest BCUT2D eigenvalue weighted by atomic mass is 35.5. The second-order valence-corrected chi connectivity index (χ2v) is 9.01. The van der Waals surface area contributed by atoms with E-state index in [0.717, 1.165) is 60.6 Å². The second kappa shape index (κ2) is 23.8. The molecule has 0 aliphatic rings. The zero-order valence-corrected chi connectivity index (χ0v) is 25.7. The quantitative estimate of drug-likeness (QED) is 0.0995. The topological polar surface area (TPSA) is 55.2 Å². The normalized spacial score (nSPS) is 11.6. The molecule has 0 heterocycles. The van der Waals surface area contributed by atoms with E-state index in [0.29, 0.717) is 30.1 Å². The van der Waals surface area contributed by atoms with Crippen molar-refractivity contribution < 1.29 is 9.47 Å². The van der Waals surface area contributed by atoms with Crippen LogP contribution in [0.15, 0.2) is 70.3 Å². The first-order valence-corrected chi connectivity index (χ1v) is 13.9. The minimum Gasteiger partial charge on any atom is -0.493 e. The molecule has 0 radical (unpaired) electrons. The first-order chi connectivity index (χ1) is 17.7. The Balaban J connectivity index is 0. The van der Waals surface area contributed by atoms with Gasteiger partial charge in [0.05, 0.1) is 24.6 Å². The maximum Gasteiger partial charge on any atom is 0.179 e. The van der Waals surface area contributed by atoms with E-state index >= 15 is 0 Å². The number of ether oxygens (including phenoxy) is 2. The van der Waals surface area contributed by atoms with Gasteiger partial charge in [0.1, 0.15) is 10.9 Å². The first-order valence-electron chi connectivity index (χ1n) is 13.6. The molecule has 0 saturated heterocycles. The summed E-state index contributed by atoms with van der Waals surface area (Å²) in [5.41, 5.74) is 3.60. The minimum atomic E-state index is 0.488. The maximum absolute atomic E-state index is 5.86. The summed E-state index contributed by atoms with van der Waals surface area (Å²) in [5.74, 6) is 2.01. The molecular formula is C31H52ClN3O2. The number of unbranched alkanes of at least 4 members (excludes halogenated alkanes) is 3. The molecule has 0 bridgehead atoms. The Morgan fingerprint density at radius 3 is 2.16 bits per heavy atom. The lowest BCUT2D eigenvalue weighted by Crippen LogP contribution is -2.15. The van der Waals surface area contributed by atoms with Crippen LogP contribution < -0.4 is 10.1 Å². The van der Waals surface area contributed by atoms with Crippen molar-refractivity contribution in [1.29, 1.82) is 0 Å². The molecule has 0 amide bonds. The number of allylic oxidation sites excluding steroid dienone is 2. The van der Waals surface area contributed by atoms with Gasteiger partial charge in [-0.15, -0.1) is 0 Å². The maximum atomic E-state index is 5.86. The molecule has 0 fully saturated rings. The third-order valence-corrected chi connectivity index (χ3v) is 4.62. The van der Waals surface area contributed by atoms with Gasteiger partial charge in [0.2, 0.25) is 0 Å². The molecule has 0 spiro atoms. The minimum absolute atomic E-state index is 0.488. The second-order valence-electron chi connectivity index (χ2n) is 8.46. The molecule has 0 aliphatic heterocycles. The Morgan fingerprint density at radius 1 is 1.00 bits per heavy atom. The summed E-state index contributed by atoms with van der Waals surface area (Å²) in [5, 5.41) is 3.70. The van der Waals surface area contributed by atoms with E-state index in [1.807, 2.05) is 59.9 Å². The molecule has 1 rings (SSSR count). The summed E-state index contributed by atoms with van der Waals surface area (Å²) in [6, 6.07) is 8.09. The van der Waals surface area contributed by atoms with Crippen molar-refractivity contribution in [2.24, 2.45) is 15.9 Å². The van der Waals surface area contributed by atoms with Crippen molar-refractivity contribution in [3.63, 3.8) is 0 Å². The van der Waals surface area contributed by atoms with Crippen molar-refractivity contribution in [3.8, 4) is 5.75 Å². The van der Waals surface area contributed by atoms with Crippen molar-refractivity contribution >= 4 is 23.0 Å². The number of benzene rings is 1. The molecule has 1 aromatic carbocycles. The fraction of sp³-hybridized carbons (Fsp3) is 0.548. The summed E-state index contributed by atoms with van der Waals surface area (Å²) in [6.07, 6.45) is 5.88. The van der Waals surface area contributed by atoms with Crippen molar-refractivity contribution in [3.05, 3.63) is 65.8 Å². The Kier molecular flexibility index (Phi) is 23.6. The lowest BCUT2D eigenvalue weighted by Gasteiger charge is -2.12. The molecule has 6 heteroatoms. The van der Waals surface area contributed by atoms with Crippen LogP contribution in [0.2, 0.25) is 0 Å². The standard InChI is InChI=1S/C27H40ClN3O2.2C2H6/c1-20(2)19-33-26-14-12-25(13-15-26)18-30-24(7)32-17-11-9-8-10-16-29-27(21(3)4)22(5)31-23(6)28;2*1-2/h12-16,20,30H,3,7-11,17-19H2,1-2,4-6H3;2*1-2H3/b27-22+,29-16?,31-23?;;. The van der Waals surface area contributed by atoms with Gasteiger partial charge in [-0.2, -0.15) is 0 Å². The van der Waals surface area contributed by atoms with E-state index in [2.05, 4.69) is 54.4 Å². The van der Waals surface area contributed by atoms with E-state index in [-0.39, 0.29) is 0 Å². The molecule has 210 valence electrons. The number of nitrogens with zero attached hydrogens (tertiary/aromatic N) is 2. The number of nitrogens with one attached hydrogen (secondary N) is 1. The largest absolute Gasteiger partial charge is 0.493 e. The number of hydrogen-bond acceptors (Lipinski definition) is 5. The Morgan fingerprint density at radius 2 is 1.62 bits per heavy atom. The average Bonchev–Trinajstić information content (AvgIpc) is 2.87. The van der Waals surface area contributed by atoms with Gasteiger partial charge in [0.25, 0.3) is 0 Å². The smallest absolute Gasteiger partial charge is 0.179 e. The Hall–Kier alpha value is -2.53. The van der Waals surface area contributed by atoms with Gasteiger partial charge < -0.3 is 14.8 Å². The third-order valence-electron chi connectivity index (χ3n) is 4.54. The summed E-state index contributed by atoms with van der Waals surface area (Å²) >= 11 is 5.86. The molecule has 0 aromatic heterocycles. The zero-order chi connectivity index (χ0) is 28.6. The van der Waals surface area contributed by atoms with Crippen LogP contribution in [0.25, 0.3) is 0 Å². The van der Waals surface area contributed by atoms with E-state index in [1.54, 1.807) is 6.92 Å². The van der Waals surface area contributed by atoms with E-state index in [4.69, 9.17) is 21.1 Å². The van der Waals surface area contributed by atoms with Crippen molar-refractivity contribution in [2.45, 2.75) is 94.5 Å². The summed E-state index contributed by atoms with van der Waals surface area (Å²) in [6.45, 7) is 27.8. The molecule has 5 nitrogen and oxygen atoms in total. The average molecular weight is 534 g/mol. The summed E-state index contributed by atoms with van der Waals surface area (Å²) in [4.78, 5) is 8.78. The summed E-state index contributed by atoms with van der Waals surface area (Å²) < 4.78 is 11.4. The predicted octanol–water partition coefficient (Wildman–Crippen LogP) is 9.45. The molecule has 1 N–H and O–H groups in total. The predicted molar refractivity (Wildman–Crippen MR) is 165 cm³/mol. The molecular weight excluding hydrogens is 482 g/mol. The Labute approximate surface area is 232 Å². The first kappa shape index (κ1) is 36.6. The van der Waals surface area contributed by atoms with E-state index < -0.39 is 0 Å². The van der Waals surface area contributed by atoms with Crippen molar-refractivity contribution in [2.75, 3.05) is 13.2 Å². The van der Waals surface area contributed by atoms with Crippen LogP contribution in [0, 0.1) is 5.92 Å². The number of hydrogen-bond donors (Lipinski definition) is 1. The highest BCUT2D eigenvalue weighted by molar-refractivity contribution is 6.64. The van der Waals surface area contributed by atoms with Crippen LogP contribution in [-0.2, 0) is 11.3 Å². The lowest BCUT2D eigenvalue weighted by molar-refractivity contribution is 0.185. The van der Waals surface area contributed by atoms with Crippen LogP contribution in [-0.4, -0.2) is 24.6 Å². The van der Waals surface area contributed by atoms with Crippen LogP contribution in [0.5, 0.6) is 5.75 Å². The highest BCUT2D eigenvalue weighted by Gasteiger charge is 2.02.